The number of rotatable bonds is 1. The Kier molecular flexibility index (Phi) is 3.89. The molecule has 4 nitrogen and oxygen atoms in total. The molecule has 0 saturated heterocycles. The van der Waals surface area contributed by atoms with Crippen LogP contribution in [0.15, 0.2) is 24.3 Å². The van der Waals surface area contributed by atoms with Gasteiger partial charge in [-0.1, -0.05) is 19.1 Å². The smallest absolute Gasteiger partial charge is 0.232 e. The van der Waals surface area contributed by atoms with E-state index in [-0.39, 0.29) is 11.8 Å². The van der Waals surface area contributed by atoms with Crippen LogP contribution in [0.1, 0.15) is 26.2 Å². The van der Waals surface area contributed by atoms with Crippen LogP contribution in [0.3, 0.4) is 0 Å². The number of hydrogen-bond donors (Lipinski definition) is 1. The number of benzene rings is 1. The van der Waals surface area contributed by atoms with E-state index >= 15 is 0 Å². The zero-order chi connectivity index (χ0) is 15.0. The lowest BCUT2D eigenvalue weighted by molar-refractivity contribution is -0.124. The molecule has 0 aromatic heterocycles. The Labute approximate surface area is 126 Å². The van der Waals surface area contributed by atoms with Gasteiger partial charge in [0.1, 0.15) is 0 Å². The standard InChI is InChI=1S/C17H24N2O2/c1-12-10-18(2)14-7-3-4-8-15(14)19(11-12)17(21)13-6-5-9-16(13)20/h3-4,7-8,12-13,16,20H,5-6,9-11H2,1-2H3. The summed E-state index contributed by atoms with van der Waals surface area (Å²) < 4.78 is 0. The minimum Gasteiger partial charge on any atom is -0.392 e. The molecule has 1 aliphatic carbocycles. The van der Waals surface area contributed by atoms with Crippen LogP contribution in [0.4, 0.5) is 11.4 Å². The Balaban J connectivity index is 1.96. The molecule has 3 rings (SSSR count). The van der Waals surface area contributed by atoms with Crippen LogP contribution in [-0.2, 0) is 4.79 Å². The Hall–Kier alpha value is -1.55. The molecule has 1 aromatic rings. The van der Waals surface area contributed by atoms with Crippen molar-refractivity contribution in [1.82, 2.24) is 0 Å². The molecule has 1 aliphatic heterocycles. The van der Waals surface area contributed by atoms with Gasteiger partial charge in [0.15, 0.2) is 0 Å². The maximum Gasteiger partial charge on any atom is 0.232 e. The predicted molar refractivity (Wildman–Crippen MR) is 84.6 cm³/mol. The number of anilines is 2. The first-order valence-corrected chi connectivity index (χ1v) is 7.87. The van der Waals surface area contributed by atoms with Gasteiger partial charge in [0, 0.05) is 20.1 Å². The fourth-order valence-corrected chi connectivity index (χ4v) is 3.69. The van der Waals surface area contributed by atoms with Gasteiger partial charge >= 0.3 is 0 Å². The normalized spacial score (nSPS) is 29.2. The van der Waals surface area contributed by atoms with Crippen LogP contribution >= 0.6 is 0 Å². The van der Waals surface area contributed by atoms with E-state index < -0.39 is 6.10 Å². The van der Waals surface area contributed by atoms with Gasteiger partial charge in [-0.05, 0) is 37.3 Å². The lowest BCUT2D eigenvalue weighted by Crippen LogP contribution is -2.41. The molecule has 1 N–H and O–H groups in total. The second-order valence-electron chi connectivity index (χ2n) is 6.53. The SMILES string of the molecule is CC1CN(C)c2ccccc2N(C(=O)C2CCCC2O)C1. The van der Waals surface area contributed by atoms with E-state index in [4.69, 9.17) is 0 Å². The highest BCUT2D eigenvalue weighted by Crippen LogP contribution is 2.36. The van der Waals surface area contributed by atoms with Gasteiger partial charge in [0.25, 0.3) is 0 Å². The van der Waals surface area contributed by atoms with Gasteiger partial charge in [0.2, 0.25) is 5.91 Å². The molecule has 1 fully saturated rings. The molecule has 3 atom stereocenters. The Morgan fingerprint density at radius 3 is 2.57 bits per heavy atom. The third-order valence-corrected chi connectivity index (χ3v) is 4.73. The highest BCUT2D eigenvalue weighted by Gasteiger charge is 2.37. The summed E-state index contributed by atoms with van der Waals surface area (Å²) in [5.41, 5.74) is 2.08. The van der Waals surface area contributed by atoms with Crippen LogP contribution in [0, 0.1) is 11.8 Å². The number of para-hydroxylation sites is 2. The number of hydrogen-bond acceptors (Lipinski definition) is 3. The van der Waals surface area contributed by atoms with Crippen molar-refractivity contribution < 1.29 is 9.90 Å². The number of amides is 1. The van der Waals surface area contributed by atoms with E-state index in [0.29, 0.717) is 5.92 Å². The monoisotopic (exact) mass is 288 g/mol. The molecule has 2 aliphatic rings. The predicted octanol–water partition coefficient (Wildman–Crippen LogP) is 2.27. The van der Waals surface area contributed by atoms with Crippen molar-refractivity contribution in [3.8, 4) is 0 Å². The molecule has 4 heteroatoms. The first kappa shape index (κ1) is 14.4. The Bertz CT molecular complexity index is 531. The fraction of sp³-hybridized carbons (Fsp3) is 0.588. The van der Waals surface area contributed by atoms with Crippen LogP contribution in [0.2, 0.25) is 0 Å². The third-order valence-electron chi connectivity index (χ3n) is 4.73. The average Bonchev–Trinajstić information content (AvgIpc) is 2.84. The highest BCUT2D eigenvalue weighted by atomic mass is 16.3. The van der Waals surface area contributed by atoms with Gasteiger partial charge in [0.05, 0.1) is 23.4 Å². The van der Waals surface area contributed by atoms with Crippen molar-refractivity contribution in [2.24, 2.45) is 11.8 Å². The number of fused-ring (bicyclic) bond motifs is 1. The maximum absolute atomic E-state index is 12.9. The Morgan fingerprint density at radius 2 is 1.90 bits per heavy atom. The largest absolute Gasteiger partial charge is 0.392 e. The molecule has 0 bridgehead atoms. The van der Waals surface area contributed by atoms with Crippen molar-refractivity contribution in [1.29, 1.82) is 0 Å². The van der Waals surface area contributed by atoms with E-state index in [1.54, 1.807) is 0 Å². The van der Waals surface area contributed by atoms with Gasteiger partial charge in [-0.15, -0.1) is 0 Å². The first-order chi connectivity index (χ1) is 10.1. The minimum atomic E-state index is -0.471. The van der Waals surface area contributed by atoms with Crippen LogP contribution in [0.5, 0.6) is 0 Å². The summed E-state index contributed by atoms with van der Waals surface area (Å²) in [6.45, 7) is 3.84. The minimum absolute atomic E-state index is 0.0922. The number of carbonyl (C=O) groups excluding carboxylic acids is 1. The molecule has 1 saturated carbocycles. The summed E-state index contributed by atoms with van der Waals surface area (Å²) in [4.78, 5) is 17.1. The molecule has 1 heterocycles. The third kappa shape index (κ3) is 2.64. The van der Waals surface area contributed by atoms with Crippen molar-refractivity contribution >= 4 is 17.3 Å². The number of nitrogens with zero attached hydrogens (tertiary/aromatic N) is 2. The molecular formula is C17H24N2O2. The van der Waals surface area contributed by atoms with Crippen LogP contribution in [-0.4, -0.2) is 37.3 Å². The molecule has 0 radical (unpaired) electrons. The molecule has 21 heavy (non-hydrogen) atoms. The summed E-state index contributed by atoms with van der Waals surface area (Å²) in [6.07, 6.45) is 2.04. The number of carbonyl (C=O) groups is 1. The molecule has 114 valence electrons. The first-order valence-electron chi connectivity index (χ1n) is 7.87. The van der Waals surface area contributed by atoms with E-state index in [1.807, 2.05) is 23.1 Å². The van der Waals surface area contributed by atoms with E-state index in [9.17, 15) is 9.90 Å². The summed E-state index contributed by atoms with van der Waals surface area (Å²) in [5, 5.41) is 10.1. The molecule has 0 spiro atoms. The molecular weight excluding hydrogens is 264 g/mol. The van der Waals surface area contributed by atoms with E-state index in [0.717, 1.165) is 43.7 Å². The summed E-state index contributed by atoms with van der Waals surface area (Å²) in [5.74, 6) is 0.271. The van der Waals surface area contributed by atoms with Gasteiger partial charge < -0.3 is 14.9 Å². The summed E-state index contributed by atoms with van der Waals surface area (Å²) in [7, 11) is 2.08. The summed E-state index contributed by atoms with van der Waals surface area (Å²) >= 11 is 0. The second kappa shape index (κ2) is 5.68. The number of aliphatic hydroxyl groups excluding tert-OH is 1. The topological polar surface area (TPSA) is 43.8 Å². The zero-order valence-electron chi connectivity index (χ0n) is 12.8. The average molecular weight is 288 g/mol. The quantitative estimate of drug-likeness (QED) is 0.862. The van der Waals surface area contributed by atoms with Gasteiger partial charge in [-0.2, -0.15) is 0 Å². The highest BCUT2D eigenvalue weighted by molar-refractivity contribution is 5.99. The van der Waals surface area contributed by atoms with Gasteiger partial charge in [-0.3, -0.25) is 4.79 Å². The molecule has 1 aromatic carbocycles. The maximum atomic E-state index is 12.9. The summed E-state index contributed by atoms with van der Waals surface area (Å²) in [6, 6.07) is 8.08. The van der Waals surface area contributed by atoms with Crippen LogP contribution in [0.25, 0.3) is 0 Å². The number of aliphatic hydroxyl groups is 1. The van der Waals surface area contributed by atoms with Crippen molar-refractivity contribution in [3.05, 3.63) is 24.3 Å². The van der Waals surface area contributed by atoms with E-state index in [2.05, 4.69) is 24.9 Å². The molecule has 1 amide bonds. The van der Waals surface area contributed by atoms with Crippen molar-refractivity contribution in [3.63, 3.8) is 0 Å². The lowest BCUT2D eigenvalue weighted by atomic mass is 10.0. The Morgan fingerprint density at radius 1 is 1.19 bits per heavy atom. The lowest BCUT2D eigenvalue weighted by Gasteiger charge is -2.28. The van der Waals surface area contributed by atoms with Crippen molar-refractivity contribution in [2.75, 3.05) is 29.9 Å². The van der Waals surface area contributed by atoms with Crippen molar-refractivity contribution in [2.45, 2.75) is 32.3 Å². The molecule has 3 unspecified atom stereocenters. The zero-order valence-corrected chi connectivity index (χ0v) is 12.8. The van der Waals surface area contributed by atoms with Crippen LogP contribution < -0.4 is 9.80 Å². The fourth-order valence-electron chi connectivity index (χ4n) is 3.69. The second-order valence-corrected chi connectivity index (χ2v) is 6.53. The van der Waals surface area contributed by atoms with E-state index in [1.165, 1.54) is 0 Å². The van der Waals surface area contributed by atoms with Gasteiger partial charge in [-0.25, -0.2) is 0 Å².